The Balaban J connectivity index is 2.25. The van der Waals surface area contributed by atoms with E-state index in [1.54, 1.807) is 23.9 Å². The number of phenols is 1. The molecule has 0 fully saturated rings. The van der Waals surface area contributed by atoms with Gasteiger partial charge in [0.15, 0.2) is 0 Å². The zero-order valence-electron chi connectivity index (χ0n) is 11.5. The van der Waals surface area contributed by atoms with Crippen LogP contribution in [0.15, 0.2) is 57.6 Å². The third-order valence-corrected chi connectivity index (χ3v) is 3.57. The molecular weight excluding hydrogens is 284 g/mol. The van der Waals surface area contributed by atoms with Crippen molar-refractivity contribution in [1.82, 2.24) is 0 Å². The Morgan fingerprint density at radius 1 is 1.10 bits per heavy atom. The summed E-state index contributed by atoms with van der Waals surface area (Å²) in [6.07, 6.45) is 3.43. The van der Waals surface area contributed by atoms with Crippen LogP contribution in [0.3, 0.4) is 0 Å². The highest BCUT2D eigenvalue weighted by Crippen LogP contribution is 2.27. The maximum atomic E-state index is 10.0. The predicted octanol–water partition coefficient (Wildman–Crippen LogP) is 2.39. The Hall–Kier alpha value is -2.47. The lowest BCUT2D eigenvalue weighted by molar-refractivity contribution is 0.474. The van der Waals surface area contributed by atoms with Crippen LogP contribution in [0.1, 0.15) is 5.56 Å². The fourth-order valence-corrected chi connectivity index (χ4v) is 2.18. The van der Waals surface area contributed by atoms with Crippen LogP contribution in [0.5, 0.6) is 5.75 Å². The average molecular weight is 300 g/mol. The van der Waals surface area contributed by atoms with Gasteiger partial charge in [-0.15, -0.1) is 16.9 Å². The van der Waals surface area contributed by atoms with Gasteiger partial charge in [0.2, 0.25) is 5.96 Å². The van der Waals surface area contributed by atoms with E-state index in [0.717, 1.165) is 11.1 Å². The van der Waals surface area contributed by atoms with Gasteiger partial charge >= 0.3 is 0 Å². The summed E-state index contributed by atoms with van der Waals surface area (Å²) >= 11 is 1.69. The molecule has 21 heavy (non-hydrogen) atoms. The van der Waals surface area contributed by atoms with Gasteiger partial charge in [0, 0.05) is 10.5 Å². The van der Waals surface area contributed by atoms with Gasteiger partial charge in [-0.2, -0.15) is 5.10 Å². The first-order chi connectivity index (χ1) is 10.1. The third kappa shape index (κ3) is 4.00. The fourth-order valence-electron chi connectivity index (χ4n) is 1.77. The summed E-state index contributed by atoms with van der Waals surface area (Å²) in [5, 5.41) is 17.2. The summed E-state index contributed by atoms with van der Waals surface area (Å²) < 4.78 is 0. The molecule has 0 saturated carbocycles. The lowest BCUT2D eigenvalue weighted by Gasteiger charge is -2.05. The van der Waals surface area contributed by atoms with Crippen LogP contribution < -0.4 is 11.5 Å². The second-order valence-electron chi connectivity index (χ2n) is 4.27. The maximum Gasteiger partial charge on any atom is 0.211 e. The predicted molar refractivity (Wildman–Crippen MR) is 88.7 cm³/mol. The van der Waals surface area contributed by atoms with Crippen LogP contribution in [0, 0.1) is 0 Å². The third-order valence-electron chi connectivity index (χ3n) is 2.82. The normalized spacial score (nSPS) is 10.7. The van der Waals surface area contributed by atoms with Gasteiger partial charge in [-0.3, -0.25) is 0 Å². The van der Waals surface area contributed by atoms with Crippen molar-refractivity contribution < 1.29 is 5.11 Å². The Morgan fingerprint density at radius 2 is 1.76 bits per heavy atom. The van der Waals surface area contributed by atoms with Gasteiger partial charge in [0.25, 0.3) is 0 Å². The average Bonchev–Trinajstić information content (AvgIpc) is 2.48. The Morgan fingerprint density at radius 3 is 2.33 bits per heavy atom. The number of benzene rings is 2. The molecule has 0 aliphatic heterocycles. The van der Waals surface area contributed by atoms with Crippen molar-refractivity contribution in [2.24, 2.45) is 21.7 Å². The maximum absolute atomic E-state index is 10.0. The minimum atomic E-state index is -0.128. The van der Waals surface area contributed by atoms with Crippen LogP contribution in [0.2, 0.25) is 0 Å². The summed E-state index contributed by atoms with van der Waals surface area (Å²) in [4.78, 5) is 1.20. The standard InChI is InChI=1S/C15H16N4OS/c1-21-13-6-4-10(5-7-13)11-2-3-12(14(20)8-11)9-18-19-15(16)17/h2-9,20H,1H3,(H4,16,17,19). The highest BCUT2D eigenvalue weighted by Gasteiger charge is 2.03. The van der Waals surface area contributed by atoms with Gasteiger partial charge in [-0.25, -0.2) is 0 Å². The molecule has 0 unspecified atom stereocenters. The van der Waals surface area contributed by atoms with Crippen molar-refractivity contribution in [1.29, 1.82) is 0 Å². The highest BCUT2D eigenvalue weighted by atomic mass is 32.2. The molecule has 108 valence electrons. The molecular formula is C15H16N4OS. The summed E-state index contributed by atoms with van der Waals surface area (Å²) in [6, 6.07) is 13.5. The quantitative estimate of drug-likeness (QED) is 0.349. The molecule has 5 nitrogen and oxygen atoms in total. The lowest BCUT2D eigenvalue weighted by atomic mass is 10.0. The van der Waals surface area contributed by atoms with Gasteiger partial charge < -0.3 is 16.6 Å². The number of phenolic OH excluding ortho intramolecular Hbond substituents is 1. The van der Waals surface area contributed by atoms with Crippen LogP contribution in [-0.4, -0.2) is 23.5 Å². The Kier molecular flexibility index (Phi) is 4.84. The first-order valence-electron chi connectivity index (χ1n) is 6.19. The smallest absolute Gasteiger partial charge is 0.211 e. The van der Waals surface area contributed by atoms with Crippen molar-refractivity contribution in [2.45, 2.75) is 4.90 Å². The number of nitrogens with zero attached hydrogens (tertiary/aromatic N) is 2. The molecule has 2 aromatic rings. The molecule has 5 N–H and O–H groups in total. The summed E-state index contributed by atoms with van der Waals surface area (Å²) in [6.45, 7) is 0. The van der Waals surface area contributed by atoms with E-state index in [0.29, 0.717) is 5.56 Å². The van der Waals surface area contributed by atoms with Crippen LogP contribution in [0.4, 0.5) is 0 Å². The molecule has 0 spiro atoms. The minimum Gasteiger partial charge on any atom is -0.507 e. The molecule has 0 aliphatic carbocycles. The van der Waals surface area contributed by atoms with E-state index in [1.165, 1.54) is 11.1 Å². The Labute approximate surface area is 127 Å². The minimum absolute atomic E-state index is 0.121. The van der Waals surface area contributed by atoms with E-state index in [2.05, 4.69) is 10.2 Å². The highest BCUT2D eigenvalue weighted by molar-refractivity contribution is 7.98. The van der Waals surface area contributed by atoms with E-state index < -0.39 is 0 Å². The molecule has 0 aromatic heterocycles. The number of hydrogen-bond donors (Lipinski definition) is 3. The summed E-state index contributed by atoms with van der Waals surface area (Å²) in [5.74, 6) is -0.00719. The molecule has 0 radical (unpaired) electrons. The zero-order valence-corrected chi connectivity index (χ0v) is 12.3. The molecule has 0 saturated heterocycles. The largest absolute Gasteiger partial charge is 0.507 e. The number of thioether (sulfide) groups is 1. The number of rotatable bonds is 4. The fraction of sp³-hybridized carbons (Fsp3) is 0.0667. The second kappa shape index (κ2) is 6.81. The van der Waals surface area contributed by atoms with E-state index in [9.17, 15) is 5.11 Å². The van der Waals surface area contributed by atoms with E-state index in [-0.39, 0.29) is 11.7 Å². The molecule has 0 bridgehead atoms. The van der Waals surface area contributed by atoms with Crippen LogP contribution >= 0.6 is 11.8 Å². The number of guanidine groups is 1. The van der Waals surface area contributed by atoms with Crippen molar-refractivity contribution >= 4 is 23.9 Å². The van der Waals surface area contributed by atoms with Crippen molar-refractivity contribution in [3.05, 3.63) is 48.0 Å². The Bertz CT molecular complexity index is 677. The molecule has 0 atom stereocenters. The first-order valence-corrected chi connectivity index (χ1v) is 7.42. The van der Waals surface area contributed by atoms with E-state index in [4.69, 9.17) is 11.5 Å². The SMILES string of the molecule is CSc1ccc(-c2ccc(C=NN=C(N)N)c(O)c2)cc1. The first kappa shape index (κ1) is 14.9. The van der Waals surface area contributed by atoms with Gasteiger partial charge in [0.1, 0.15) is 5.75 Å². The van der Waals surface area contributed by atoms with Gasteiger partial charge in [0.05, 0.1) is 6.21 Å². The van der Waals surface area contributed by atoms with E-state index in [1.807, 2.05) is 36.6 Å². The molecule has 6 heteroatoms. The van der Waals surface area contributed by atoms with Crippen molar-refractivity contribution in [3.63, 3.8) is 0 Å². The zero-order chi connectivity index (χ0) is 15.2. The monoisotopic (exact) mass is 300 g/mol. The van der Waals surface area contributed by atoms with Crippen molar-refractivity contribution in [2.75, 3.05) is 6.26 Å². The van der Waals surface area contributed by atoms with Gasteiger partial charge in [-0.05, 0) is 41.6 Å². The number of hydrogen-bond acceptors (Lipinski definition) is 4. The topological polar surface area (TPSA) is 97.0 Å². The van der Waals surface area contributed by atoms with Crippen LogP contribution in [0.25, 0.3) is 11.1 Å². The molecule has 0 aliphatic rings. The molecule has 2 rings (SSSR count). The summed E-state index contributed by atoms with van der Waals surface area (Å²) in [5.41, 5.74) is 12.8. The molecule has 2 aromatic carbocycles. The van der Waals surface area contributed by atoms with Crippen LogP contribution in [-0.2, 0) is 0 Å². The number of nitrogens with two attached hydrogens (primary N) is 2. The second-order valence-corrected chi connectivity index (χ2v) is 5.15. The van der Waals surface area contributed by atoms with Gasteiger partial charge in [-0.1, -0.05) is 18.2 Å². The van der Waals surface area contributed by atoms with Crippen molar-refractivity contribution in [3.8, 4) is 16.9 Å². The molecule has 0 heterocycles. The van der Waals surface area contributed by atoms with E-state index >= 15 is 0 Å². The summed E-state index contributed by atoms with van der Waals surface area (Å²) in [7, 11) is 0. The molecule has 0 amide bonds. The number of aromatic hydroxyl groups is 1. The lowest BCUT2D eigenvalue weighted by Crippen LogP contribution is -2.21.